The molecular weight excluding hydrogens is 264 g/mol. The molecule has 1 N–H and O–H groups in total. The number of rotatable bonds is 5. The minimum absolute atomic E-state index is 0.381. The smallest absolute Gasteiger partial charge is 0.137 e. The van der Waals surface area contributed by atoms with Crippen molar-refractivity contribution < 1.29 is 9.47 Å². The average molecular weight is 284 g/mol. The van der Waals surface area contributed by atoms with Crippen LogP contribution in [0, 0.1) is 0 Å². The Morgan fingerprint density at radius 3 is 3.00 bits per heavy atom. The van der Waals surface area contributed by atoms with Crippen molar-refractivity contribution in [2.45, 2.75) is 18.9 Å². The molecule has 2 heterocycles. The summed E-state index contributed by atoms with van der Waals surface area (Å²) in [4.78, 5) is 4.36. The molecule has 0 spiro atoms. The molecule has 1 atom stereocenters. The van der Waals surface area contributed by atoms with E-state index in [0.29, 0.717) is 12.5 Å². The number of nitrogens with zero attached hydrogens (tertiary/aromatic N) is 1. The number of benzene rings is 1. The molecule has 0 saturated heterocycles. The molecule has 1 aromatic heterocycles. The highest BCUT2D eigenvalue weighted by Gasteiger charge is 2.21. The van der Waals surface area contributed by atoms with E-state index >= 15 is 0 Å². The third-order valence-electron chi connectivity index (χ3n) is 3.69. The summed E-state index contributed by atoms with van der Waals surface area (Å²) in [6.45, 7) is 2.19. The van der Waals surface area contributed by atoms with Gasteiger partial charge in [-0.3, -0.25) is 4.98 Å². The molecule has 1 unspecified atom stereocenters. The van der Waals surface area contributed by atoms with Crippen LogP contribution in [0.2, 0.25) is 0 Å². The number of ether oxygens (including phenoxy) is 2. The van der Waals surface area contributed by atoms with Gasteiger partial charge in [0.05, 0.1) is 25.1 Å². The molecule has 4 heteroatoms. The van der Waals surface area contributed by atoms with Gasteiger partial charge in [-0.25, -0.2) is 0 Å². The van der Waals surface area contributed by atoms with Crippen LogP contribution in [-0.2, 0) is 6.54 Å². The molecule has 0 saturated carbocycles. The van der Waals surface area contributed by atoms with E-state index in [1.54, 1.807) is 6.20 Å². The van der Waals surface area contributed by atoms with Gasteiger partial charge in [0.15, 0.2) is 0 Å². The van der Waals surface area contributed by atoms with Crippen LogP contribution < -0.4 is 14.8 Å². The molecule has 1 aliphatic heterocycles. The second kappa shape index (κ2) is 6.59. The first-order valence-corrected chi connectivity index (χ1v) is 7.31. The van der Waals surface area contributed by atoms with Gasteiger partial charge in [-0.15, -0.1) is 0 Å². The Kier molecular flexibility index (Phi) is 4.36. The zero-order chi connectivity index (χ0) is 14.5. The molecule has 0 amide bonds. The van der Waals surface area contributed by atoms with E-state index in [2.05, 4.69) is 22.4 Å². The Hall–Kier alpha value is -2.07. The minimum atomic E-state index is 0.381. The maximum atomic E-state index is 5.90. The van der Waals surface area contributed by atoms with Gasteiger partial charge >= 0.3 is 0 Å². The SMILES string of the molecule is CNCc1ccc(OCC2CCOc3ccccc32)cn1. The molecule has 1 aliphatic rings. The van der Waals surface area contributed by atoms with Gasteiger partial charge in [0.2, 0.25) is 0 Å². The molecule has 110 valence electrons. The van der Waals surface area contributed by atoms with E-state index in [-0.39, 0.29) is 0 Å². The van der Waals surface area contributed by atoms with Gasteiger partial charge in [-0.2, -0.15) is 0 Å². The van der Waals surface area contributed by atoms with E-state index in [0.717, 1.165) is 36.8 Å². The fourth-order valence-electron chi connectivity index (χ4n) is 2.57. The topological polar surface area (TPSA) is 43.4 Å². The molecular formula is C17H20N2O2. The molecule has 1 aromatic carbocycles. The van der Waals surface area contributed by atoms with Gasteiger partial charge in [0.1, 0.15) is 11.5 Å². The second-order valence-electron chi connectivity index (χ2n) is 5.20. The Labute approximate surface area is 125 Å². The van der Waals surface area contributed by atoms with Crippen molar-refractivity contribution in [2.24, 2.45) is 0 Å². The van der Waals surface area contributed by atoms with E-state index in [1.165, 1.54) is 5.56 Å². The normalized spacial score (nSPS) is 16.9. The van der Waals surface area contributed by atoms with Gasteiger partial charge in [0.25, 0.3) is 0 Å². The summed E-state index contributed by atoms with van der Waals surface area (Å²) in [6.07, 6.45) is 2.78. The Bertz CT molecular complexity index is 584. The quantitative estimate of drug-likeness (QED) is 0.917. The number of pyridine rings is 1. The standard InChI is InChI=1S/C17H20N2O2/c1-18-10-14-6-7-15(11-19-14)21-12-13-8-9-20-17-5-3-2-4-16(13)17/h2-7,11,13,18H,8-10,12H2,1H3. The highest BCUT2D eigenvalue weighted by Crippen LogP contribution is 2.33. The monoisotopic (exact) mass is 284 g/mol. The highest BCUT2D eigenvalue weighted by atomic mass is 16.5. The molecule has 0 fully saturated rings. The van der Waals surface area contributed by atoms with Gasteiger partial charge in [-0.05, 0) is 31.7 Å². The van der Waals surface area contributed by atoms with E-state index in [1.807, 2.05) is 31.3 Å². The molecule has 4 nitrogen and oxygen atoms in total. The third-order valence-corrected chi connectivity index (χ3v) is 3.69. The summed E-state index contributed by atoms with van der Waals surface area (Å²) in [5.74, 6) is 2.19. The van der Waals surface area contributed by atoms with Crippen molar-refractivity contribution in [3.8, 4) is 11.5 Å². The van der Waals surface area contributed by atoms with Crippen molar-refractivity contribution in [2.75, 3.05) is 20.3 Å². The van der Waals surface area contributed by atoms with Crippen LogP contribution >= 0.6 is 0 Å². The number of nitrogens with one attached hydrogen (secondary N) is 1. The molecule has 0 bridgehead atoms. The van der Waals surface area contributed by atoms with Crippen molar-refractivity contribution in [3.05, 3.63) is 53.9 Å². The fourth-order valence-corrected chi connectivity index (χ4v) is 2.57. The van der Waals surface area contributed by atoms with Crippen molar-refractivity contribution in [3.63, 3.8) is 0 Å². The number of fused-ring (bicyclic) bond motifs is 1. The maximum absolute atomic E-state index is 5.90. The summed E-state index contributed by atoms with van der Waals surface area (Å²) >= 11 is 0. The second-order valence-corrected chi connectivity index (χ2v) is 5.20. The van der Waals surface area contributed by atoms with Crippen LogP contribution in [0.5, 0.6) is 11.5 Å². The minimum Gasteiger partial charge on any atom is -0.493 e. The van der Waals surface area contributed by atoms with Crippen molar-refractivity contribution in [1.29, 1.82) is 0 Å². The number of aromatic nitrogens is 1. The zero-order valence-electron chi connectivity index (χ0n) is 12.2. The lowest BCUT2D eigenvalue weighted by molar-refractivity contribution is 0.217. The molecule has 3 rings (SSSR count). The Balaban J connectivity index is 1.63. The Morgan fingerprint density at radius 2 is 2.19 bits per heavy atom. The van der Waals surface area contributed by atoms with Crippen LogP contribution in [0.3, 0.4) is 0 Å². The summed E-state index contributed by atoms with van der Waals surface area (Å²) in [6, 6.07) is 12.2. The molecule has 0 radical (unpaired) electrons. The Morgan fingerprint density at radius 1 is 1.29 bits per heavy atom. The van der Waals surface area contributed by atoms with Gasteiger partial charge in [0, 0.05) is 18.0 Å². The van der Waals surface area contributed by atoms with Crippen LogP contribution in [-0.4, -0.2) is 25.2 Å². The number of para-hydroxylation sites is 1. The van der Waals surface area contributed by atoms with Crippen molar-refractivity contribution >= 4 is 0 Å². The first kappa shape index (κ1) is 13.9. The largest absolute Gasteiger partial charge is 0.493 e. The van der Waals surface area contributed by atoms with E-state index in [4.69, 9.17) is 9.47 Å². The van der Waals surface area contributed by atoms with Crippen molar-refractivity contribution in [1.82, 2.24) is 10.3 Å². The lowest BCUT2D eigenvalue weighted by Crippen LogP contribution is -2.19. The van der Waals surface area contributed by atoms with Crippen LogP contribution in [0.15, 0.2) is 42.6 Å². The number of hydrogen-bond acceptors (Lipinski definition) is 4. The zero-order valence-corrected chi connectivity index (χ0v) is 12.2. The summed E-state index contributed by atoms with van der Waals surface area (Å²) < 4.78 is 11.6. The highest BCUT2D eigenvalue weighted by molar-refractivity contribution is 5.38. The lowest BCUT2D eigenvalue weighted by Gasteiger charge is -2.25. The molecule has 21 heavy (non-hydrogen) atoms. The first-order chi connectivity index (χ1) is 10.4. The van der Waals surface area contributed by atoms with E-state index < -0.39 is 0 Å². The molecule has 2 aromatic rings. The van der Waals surface area contributed by atoms with Gasteiger partial charge < -0.3 is 14.8 Å². The van der Waals surface area contributed by atoms with Gasteiger partial charge in [-0.1, -0.05) is 18.2 Å². The summed E-state index contributed by atoms with van der Waals surface area (Å²) in [5.41, 5.74) is 2.25. The van der Waals surface area contributed by atoms with Crippen LogP contribution in [0.25, 0.3) is 0 Å². The lowest BCUT2D eigenvalue weighted by atomic mass is 9.94. The fraction of sp³-hybridized carbons (Fsp3) is 0.353. The van der Waals surface area contributed by atoms with Crippen LogP contribution in [0.1, 0.15) is 23.6 Å². The predicted octanol–water partition coefficient (Wildman–Crippen LogP) is 2.75. The first-order valence-electron chi connectivity index (χ1n) is 7.31. The average Bonchev–Trinajstić information content (AvgIpc) is 2.54. The predicted molar refractivity (Wildman–Crippen MR) is 81.8 cm³/mol. The summed E-state index contributed by atoms with van der Waals surface area (Å²) in [7, 11) is 1.91. The van der Waals surface area contributed by atoms with Crippen LogP contribution in [0.4, 0.5) is 0 Å². The third kappa shape index (κ3) is 3.34. The van der Waals surface area contributed by atoms with E-state index in [9.17, 15) is 0 Å². The maximum Gasteiger partial charge on any atom is 0.137 e. The molecule has 0 aliphatic carbocycles. The number of hydrogen-bond donors (Lipinski definition) is 1. The summed E-state index contributed by atoms with van der Waals surface area (Å²) in [5, 5.41) is 3.08.